The molecule has 0 aliphatic carbocycles. The summed E-state index contributed by atoms with van der Waals surface area (Å²) in [5, 5.41) is 11.0. The lowest BCUT2D eigenvalue weighted by molar-refractivity contribution is -0.165. The smallest absolute Gasteiger partial charge is 0.329 e. The summed E-state index contributed by atoms with van der Waals surface area (Å²) >= 11 is 0. The van der Waals surface area contributed by atoms with Crippen LogP contribution in [0.15, 0.2) is 47.1 Å². The Morgan fingerprint density at radius 3 is 1.78 bits per heavy atom. The van der Waals surface area contributed by atoms with E-state index in [-0.39, 0.29) is 25.9 Å². The van der Waals surface area contributed by atoms with Crippen LogP contribution in [0.25, 0.3) is 0 Å². The Morgan fingerprint density at radius 2 is 1.22 bits per heavy atom. The van der Waals surface area contributed by atoms with Gasteiger partial charge in [0.05, 0.1) is 32.9 Å². The van der Waals surface area contributed by atoms with Gasteiger partial charge in [0.15, 0.2) is 6.10 Å². The largest absolute Gasteiger partial charge is 0.497 e. The molecule has 2 aliphatic heterocycles. The Labute approximate surface area is 507 Å². The number of hydrogen-bond donors (Lipinski definition) is 4. The van der Waals surface area contributed by atoms with Crippen molar-refractivity contribution in [3.63, 3.8) is 0 Å². The maximum Gasteiger partial charge on any atom is 0.329 e. The van der Waals surface area contributed by atoms with E-state index < -0.39 is 162 Å². The second-order valence-electron chi connectivity index (χ2n) is 24.1. The van der Waals surface area contributed by atoms with Crippen molar-refractivity contribution in [2.24, 2.45) is 29.6 Å². The average molecular weight is 1210 g/mol. The molecule has 0 unspecified atom stereocenters. The molecule has 0 radical (unpaired) electrons. The molecule has 10 amide bonds. The number of likely N-dealkylation sites (N-methyl/N-ethyl adjacent to an activating group) is 5. The zero-order chi connectivity index (χ0) is 64.6. The topological polar surface area (TPSA) is 287 Å². The van der Waals surface area contributed by atoms with Gasteiger partial charge in [-0.1, -0.05) is 94.2 Å². The molecule has 0 bridgehead atoms. The quantitative estimate of drug-likeness (QED) is 0.198. The van der Waals surface area contributed by atoms with Crippen LogP contribution >= 0.6 is 0 Å². The van der Waals surface area contributed by atoms with Gasteiger partial charge in [-0.15, -0.1) is 0 Å². The number of nitrogens with one attached hydrogen (secondary N) is 4. The second kappa shape index (κ2) is 32.3. The summed E-state index contributed by atoms with van der Waals surface area (Å²) in [6, 6.07) is -0.263. The van der Waals surface area contributed by atoms with Crippen molar-refractivity contribution in [1.82, 2.24) is 50.7 Å². The van der Waals surface area contributed by atoms with Crippen LogP contribution < -0.4 is 26.0 Å². The van der Waals surface area contributed by atoms with Crippen LogP contribution in [0, 0.1) is 29.6 Å². The monoisotopic (exact) mass is 1200 g/mol. The molecule has 0 saturated carbocycles. The number of fused-ring (bicyclic) bond motifs is 1. The van der Waals surface area contributed by atoms with E-state index in [1.54, 1.807) is 91.8 Å². The van der Waals surface area contributed by atoms with Crippen LogP contribution in [0.2, 0.25) is 0 Å². The van der Waals surface area contributed by atoms with Crippen LogP contribution in [0.1, 0.15) is 126 Å². The van der Waals surface area contributed by atoms with Gasteiger partial charge >= 0.3 is 5.97 Å². The minimum Gasteiger partial charge on any atom is -0.497 e. The van der Waals surface area contributed by atoms with Gasteiger partial charge in [0.1, 0.15) is 59.8 Å². The zero-order valence-corrected chi connectivity index (χ0v) is 53.6. The highest BCUT2D eigenvalue weighted by atomic mass is 16.5. The van der Waals surface area contributed by atoms with E-state index >= 15 is 14.4 Å². The van der Waals surface area contributed by atoms with Gasteiger partial charge in [-0.2, -0.15) is 0 Å². The first-order chi connectivity index (χ1) is 40.4. The van der Waals surface area contributed by atoms with Gasteiger partial charge in [0, 0.05) is 48.2 Å². The summed E-state index contributed by atoms with van der Waals surface area (Å²) in [4.78, 5) is 168. The number of carbonyl (C=O) groups excluding carboxylic acids is 11. The number of benzene rings is 1. The number of ether oxygens (including phenoxy) is 2. The summed E-state index contributed by atoms with van der Waals surface area (Å²) in [6.45, 7) is 18.2. The van der Waals surface area contributed by atoms with Crippen molar-refractivity contribution in [2.45, 2.75) is 182 Å². The number of carbonyl (C=O) groups is 11. The lowest BCUT2D eigenvalue weighted by atomic mass is 9.92. The molecule has 1 aromatic carbocycles. The van der Waals surface area contributed by atoms with Crippen molar-refractivity contribution in [1.29, 1.82) is 0 Å². The van der Waals surface area contributed by atoms with Crippen molar-refractivity contribution >= 4 is 65.0 Å². The molecule has 3 heterocycles. The molecule has 2 aromatic rings. The molecule has 0 spiro atoms. The average Bonchev–Trinajstić information content (AvgIpc) is 2.19. The predicted molar refractivity (Wildman–Crippen MR) is 320 cm³/mol. The minimum atomic E-state index is -1.57. The fourth-order valence-corrected chi connectivity index (χ4v) is 11.3. The summed E-state index contributed by atoms with van der Waals surface area (Å²) < 4.78 is 16.6. The van der Waals surface area contributed by atoms with Gasteiger partial charge in [-0.05, 0) is 85.6 Å². The summed E-state index contributed by atoms with van der Waals surface area (Å²) in [5.74, 6) is -9.82. The van der Waals surface area contributed by atoms with E-state index in [4.69, 9.17) is 13.9 Å². The van der Waals surface area contributed by atoms with E-state index in [1.807, 2.05) is 13.8 Å². The van der Waals surface area contributed by atoms with E-state index in [0.29, 0.717) is 42.8 Å². The first kappa shape index (κ1) is 71.0. The predicted octanol–water partition coefficient (Wildman–Crippen LogP) is 3.14. The number of rotatable bonds is 14. The number of esters is 1. The fraction of sp³-hybridized carbons (Fsp3) is 0.661. The van der Waals surface area contributed by atoms with Gasteiger partial charge in [0.25, 0.3) is 5.91 Å². The standard InChI is InChI=1S/C62H96N10O14/c1-18-38(9)52-54(75)64-34-48(74)68(13)50(36(5)6)55(76)65-44(31-41-25-27-42(84-17)28-26-41)62(83)86-40(11)57(78)72-29-21-20-24-45(72)58(79)69(14)51(37(7)8)56(77)66-49(35(3)4)60(81)67(12)46(32-47(73)63-33-43-23-22-30-85-43)59(80)71(16)53(39(10)19-2)61(82)70(52)15/h22-23,25-28,30,35-40,44-46,49-53H,18-21,24,29,31-34H2,1-17H3,(H,63,73)(H,64,75)(H,65,76)(H,66,77)/t38-,39+,40-,44+,45+,46-,49+,50+,51+,52+,53+/m1/s1. The van der Waals surface area contributed by atoms with E-state index in [1.165, 1.54) is 75.1 Å². The lowest BCUT2D eigenvalue weighted by Gasteiger charge is -2.41. The SMILES string of the molecule is CC[C@@H](C)[C@H]1C(=O)NCC(=O)N(C)[C@@H](C(C)C)C(=O)N[C@@H](Cc2ccc(OC)cc2)C(=O)O[C@H](C)C(=O)N2CCCC[C@H]2C(=O)N(C)[C@@H](C(C)C)C(=O)N[C@@H](C(C)C)C(=O)N(C)[C@H](CC(=O)NCc2ccco2)C(=O)N(C)[C@@H]([C@@H](C)CC)C(=O)N1C. The number of piperidine rings is 1. The van der Waals surface area contributed by atoms with E-state index in [0.717, 1.165) is 9.80 Å². The molecule has 86 heavy (non-hydrogen) atoms. The highest BCUT2D eigenvalue weighted by molar-refractivity contribution is 6.00. The summed E-state index contributed by atoms with van der Waals surface area (Å²) in [6.07, 6.45) is 1.28. The first-order valence-electron chi connectivity index (χ1n) is 30.1. The Morgan fingerprint density at radius 1 is 0.651 bits per heavy atom. The second-order valence-corrected chi connectivity index (χ2v) is 24.1. The van der Waals surface area contributed by atoms with Crippen LogP contribution in [-0.2, 0) is 70.4 Å². The summed E-state index contributed by atoms with van der Waals surface area (Å²) in [5.41, 5.74) is 0.584. The molecule has 2 aliphatic rings. The molecule has 1 aromatic heterocycles. The molecule has 24 heteroatoms. The first-order valence-corrected chi connectivity index (χ1v) is 30.1. The van der Waals surface area contributed by atoms with Crippen molar-refractivity contribution in [3.8, 4) is 5.75 Å². The maximum atomic E-state index is 15.3. The summed E-state index contributed by atoms with van der Waals surface area (Å²) in [7, 11) is 8.47. The third-order valence-electron chi connectivity index (χ3n) is 16.9. The van der Waals surface area contributed by atoms with E-state index in [9.17, 15) is 38.4 Å². The highest BCUT2D eigenvalue weighted by Crippen LogP contribution is 2.27. The lowest BCUT2D eigenvalue weighted by Crippen LogP contribution is -2.63. The van der Waals surface area contributed by atoms with Crippen LogP contribution in [0.4, 0.5) is 0 Å². The normalized spacial score (nSPS) is 25.7. The highest BCUT2D eigenvalue weighted by Gasteiger charge is 2.46. The van der Waals surface area contributed by atoms with Gasteiger partial charge in [-0.3, -0.25) is 47.9 Å². The maximum absolute atomic E-state index is 15.3. The third kappa shape index (κ3) is 17.8. The van der Waals surface area contributed by atoms with Gasteiger partial charge in [-0.25, -0.2) is 4.79 Å². The number of cyclic esters (lactones) is 1. The molecular weight excluding hydrogens is 1110 g/mol. The van der Waals surface area contributed by atoms with Crippen LogP contribution in [-0.4, -0.2) is 204 Å². The Bertz CT molecular complexity index is 2680. The number of hydrogen-bond acceptors (Lipinski definition) is 14. The van der Waals surface area contributed by atoms with Crippen molar-refractivity contribution in [2.75, 3.05) is 55.4 Å². The van der Waals surface area contributed by atoms with Gasteiger partial charge < -0.3 is 64.6 Å². The Balaban J connectivity index is 1.89. The molecule has 4 N–H and O–H groups in total. The number of methoxy groups -OCH3 is 1. The fourth-order valence-electron chi connectivity index (χ4n) is 11.3. The molecule has 4 rings (SSSR count). The van der Waals surface area contributed by atoms with E-state index in [2.05, 4.69) is 21.3 Å². The molecular formula is C62H96N10O14. The van der Waals surface area contributed by atoms with Crippen LogP contribution in [0.3, 0.4) is 0 Å². The van der Waals surface area contributed by atoms with Crippen molar-refractivity contribution < 1.29 is 66.6 Å². The number of furan rings is 1. The molecule has 24 nitrogen and oxygen atoms in total. The third-order valence-corrected chi connectivity index (χ3v) is 16.9. The van der Waals surface area contributed by atoms with Crippen LogP contribution in [0.5, 0.6) is 5.75 Å². The number of amides is 10. The zero-order valence-electron chi connectivity index (χ0n) is 53.6. The molecule has 2 saturated heterocycles. The minimum absolute atomic E-state index is 0.0488. The number of nitrogens with zero attached hydrogens (tertiary/aromatic N) is 6. The Hall–Kier alpha value is -7.53. The Kier molecular flexibility index (Phi) is 26.6. The van der Waals surface area contributed by atoms with Gasteiger partial charge in [0.2, 0.25) is 53.2 Å². The molecule has 11 atom stereocenters. The van der Waals surface area contributed by atoms with Crippen molar-refractivity contribution in [3.05, 3.63) is 54.0 Å². The molecule has 2 fully saturated rings. The molecule has 478 valence electrons.